The minimum absolute atomic E-state index is 0.214. The third kappa shape index (κ3) is 4.92. The summed E-state index contributed by atoms with van der Waals surface area (Å²) < 4.78 is 0. The smallest absolute Gasteiger partial charge is 0.00308 e. The molecule has 0 amide bonds. The number of hydrogen-bond acceptors (Lipinski definition) is 0. The zero-order valence-corrected chi connectivity index (χ0v) is 31.4. The first-order chi connectivity index (χ1) is 20.1. The van der Waals surface area contributed by atoms with Gasteiger partial charge in [0.05, 0.1) is 0 Å². The highest BCUT2D eigenvalue weighted by atomic mass is 14.8. The average Bonchev–Trinajstić information content (AvgIpc) is 3.48. The largest absolute Gasteiger partial charge is 0.0990 e. The lowest BCUT2D eigenvalue weighted by atomic mass is 9.28. The Morgan fingerprint density at radius 3 is 2.00 bits per heavy atom. The molecule has 0 bridgehead atoms. The van der Waals surface area contributed by atoms with Crippen molar-refractivity contribution in [3.05, 3.63) is 12.2 Å². The van der Waals surface area contributed by atoms with E-state index >= 15 is 0 Å². The van der Waals surface area contributed by atoms with E-state index in [0.717, 1.165) is 71.0 Å². The highest BCUT2D eigenvalue weighted by molar-refractivity contribution is 5.31. The van der Waals surface area contributed by atoms with Crippen LogP contribution in [0.1, 0.15) is 154 Å². The molecular formula is C43H76. The summed E-state index contributed by atoms with van der Waals surface area (Å²) in [6.07, 6.45) is 14.6. The van der Waals surface area contributed by atoms with Crippen LogP contribution in [0.2, 0.25) is 0 Å². The quantitative estimate of drug-likeness (QED) is 0.258. The van der Waals surface area contributed by atoms with Crippen LogP contribution < -0.4 is 0 Å². The Kier molecular flexibility index (Phi) is 9.57. The topological polar surface area (TPSA) is 0 Å². The third-order valence-electron chi connectivity index (χ3n) is 17.6. The predicted octanol–water partition coefficient (Wildman–Crippen LogP) is 13.0. The van der Waals surface area contributed by atoms with E-state index in [2.05, 4.69) is 90.0 Å². The molecule has 0 spiro atoms. The second-order valence-electron chi connectivity index (χ2n) is 19.5. The van der Waals surface area contributed by atoms with E-state index in [9.17, 15) is 0 Å². The van der Waals surface area contributed by atoms with Crippen molar-refractivity contribution < 1.29 is 0 Å². The summed E-state index contributed by atoms with van der Waals surface area (Å²) in [6, 6.07) is 0. The summed E-state index contributed by atoms with van der Waals surface area (Å²) in [7, 11) is 0. The Balaban J connectivity index is 1.63. The predicted molar refractivity (Wildman–Crippen MR) is 189 cm³/mol. The minimum atomic E-state index is 0.214. The Labute approximate surface area is 270 Å². The van der Waals surface area contributed by atoms with Crippen LogP contribution in [-0.4, -0.2) is 0 Å². The van der Waals surface area contributed by atoms with Gasteiger partial charge in [0, 0.05) is 0 Å². The fourth-order valence-corrected chi connectivity index (χ4v) is 15.3. The second-order valence-corrected chi connectivity index (χ2v) is 19.5. The fourth-order valence-electron chi connectivity index (χ4n) is 15.3. The van der Waals surface area contributed by atoms with Gasteiger partial charge in [0.15, 0.2) is 0 Å². The third-order valence-corrected chi connectivity index (χ3v) is 17.6. The molecule has 0 aromatic carbocycles. The molecule has 5 saturated carbocycles. The summed E-state index contributed by atoms with van der Waals surface area (Å²) in [5.74, 6) is 12.3. The first kappa shape index (κ1) is 34.1. The molecular weight excluding hydrogens is 516 g/mol. The Hall–Kier alpha value is -0.260. The van der Waals surface area contributed by atoms with Crippen LogP contribution in [0.4, 0.5) is 0 Å². The first-order valence-corrected chi connectivity index (χ1v) is 19.8. The zero-order chi connectivity index (χ0) is 31.8. The lowest BCUT2D eigenvalue weighted by Crippen LogP contribution is -2.71. The van der Waals surface area contributed by atoms with Gasteiger partial charge in [-0.1, -0.05) is 141 Å². The molecule has 5 aliphatic rings. The molecule has 43 heavy (non-hydrogen) atoms. The summed E-state index contributed by atoms with van der Waals surface area (Å²) in [5.41, 5.74) is 2.58. The molecule has 0 N–H and O–H groups in total. The van der Waals surface area contributed by atoms with Gasteiger partial charge in [0.25, 0.3) is 0 Å². The molecule has 16 atom stereocenters. The molecule has 5 fully saturated rings. The maximum absolute atomic E-state index is 5.14. The molecule has 0 heterocycles. The molecule has 0 aromatic heterocycles. The summed E-state index contributed by atoms with van der Waals surface area (Å²) in [6.45, 7) is 39.9. The van der Waals surface area contributed by atoms with Gasteiger partial charge in [0.1, 0.15) is 0 Å². The monoisotopic (exact) mass is 593 g/mol. The number of fused-ring (bicyclic) bond motifs is 3. The highest BCUT2D eigenvalue weighted by Crippen LogP contribution is 2.79. The first-order valence-electron chi connectivity index (χ1n) is 19.8. The average molecular weight is 593 g/mol. The van der Waals surface area contributed by atoms with E-state index in [1.165, 1.54) is 64.2 Å². The van der Waals surface area contributed by atoms with Crippen molar-refractivity contribution in [1.29, 1.82) is 0 Å². The normalized spacial score (nSPS) is 52.0. The van der Waals surface area contributed by atoms with Crippen LogP contribution in [0, 0.1) is 105 Å². The van der Waals surface area contributed by atoms with Crippen molar-refractivity contribution in [2.75, 3.05) is 0 Å². The van der Waals surface area contributed by atoms with E-state index in [-0.39, 0.29) is 5.41 Å². The van der Waals surface area contributed by atoms with Gasteiger partial charge < -0.3 is 0 Å². The van der Waals surface area contributed by atoms with Crippen molar-refractivity contribution in [3.8, 4) is 0 Å². The van der Waals surface area contributed by atoms with Crippen LogP contribution in [-0.2, 0) is 0 Å². The molecule has 0 aromatic rings. The van der Waals surface area contributed by atoms with Gasteiger partial charge >= 0.3 is 0 Å². The molecule has 5 rings (SSSR count). The van der Waals surface area contributed by atoms with Gasteiger partial charge in [-0.2, -0.15) is 0 Å². The molecule has 0 aliphatic heterocycles. The molecule has 0 heteroatoms. The molecule has 248 valence electrons. The van der Waals surface area contributed by atoms with E-state index in [1.807, 2.05) is 0 Å². The van der Waals surface area contributed by atoms with Gasteiger partial charge in [0.2, 0.25) is 0 Å². The van der Waals surface area contributed by atoms with E-state index < -0.39 is 0 Å². The molecule has 0 radical (unpaired) electrons. The Bertz CT molecular complexity index is 984. The molecule has 0 saturated heterocycles. The Morgan fingerprint density at radius 2 is 1.42 bits per heavy atom. The highest BCUT2D eigenvalue weighted by Gasteiger charge is 2.73. The fraction of sp³-hybridized carbons (Fsp3) is 0.953. The maximum Gasteiger partial charge on any atom is -0.00308 e. The lowest BCUT2D eigenvalue weighted by Gasteiger charge is -2.77. The summed E-state index contributed by atoms with van der Waals surface area (Å²) >= 11 is 0. The van der Waals surface area contributed by atoms with Crippen LogP contribution in [0.5, 0.6) is 0 Å². The van der Waals surface area contributed by atoms with Gasteiger partial charge in [-0.3, -0.25) is 0 Å². The van der Waals surface area contributed by atoms with Gasteiger partial charge in [-0.25, -0.2) is 0 Å². The van der Waals surface area contributed by atoms with E-state index in [4.69, 9.17) is 6.58 Å². The molecule has 0 nitrogen and oxygen atoms in total. The summed E-state index contributed by atoms with van der Waals surface area (Å²) in [4.78, 5) is 0. The second kappa shape index (κ2) is 12.1. The van der Waals surface area contributed by atoms with Crippen molar-refractivity contribution >= 4 is 0 Å². The standard InChI is InChI=1S/C43H76/c1-15-26(4)22-36-41(12)24-29(7)37(25(2)3)32(10)43(41,14)33(11)40-30(8)38-27(5)20-21-35(39(38)31(9)42(36,40)13)23-28(6)34-18-16-17-19-34/h25-31,33-40H,10,15-24H2,1-9,11-14H3. The number of hydrogen-bond donors (Lipinski definition) is 0. The zero-order valence-electron chi connectivity index (χ0n) is 31.4. The number of rotatable bonds is 7. The molecule has 16 unspecified atom stereocenters. The lowest BCUT2D eigenvalue weighted by molar-refractivity contribution is -0.270. The van der Waals surface area contributed by atoms with Crippen molar-refractivity contribution in [2.24, 2.45) is 105 Å². The van der Waals surface area contributed by atoms with E-state index in [0.29, 0.717) is 28.6 Å². The van der Waals surface area contributed by atoms with E-state index in [1.54, 1.807) is 5.57 Å². The van der Waals surface area contributed by atoms with Crippen LogP contribution >= 0.6 is 0 Å². The van der Waals surface area contributed by atoms with Gasteiger partial charge in [-0.15, -0.1) is 0 Å². The van der Waals surface area contributed by atoms with Crippen LogP contribution in [0.15, 0.2) is 12.2 Å². The van der Waals surface area contributed by atoms with Crippen molar-refractivity contribution in [2.45, 2.75) is 154 Å². The van der Waals surface area contributed by atoms with Gasteiger partial charge in [-0.05, 0) is 131 Å². The maximum atomic E-state index is 5.14. The van der Waals surface area contributed by atoms with Crippen molar-refractivity contribution in [3.63, 3.8) is 0 Å². The van der Waals surface area contributed by atoms with Crippen molar-refractivity contribution in [1.82, 2.24) is 0 Å². The SMILES string of the molecule is C=C1C(C(C)C)C(C)CC2(C)C(CC(C)CC)C3(C)C(C)C4C(CC(C)C5CCCC5)CCC(C)C4C(C)C3C(C)C12C. The number of allylic oxidation sites excluding steroid dienone is 1. The molecule has 5 aliphatic carbocycles. The Morgan fingerprint density at radius 1 is 0.791 bits per heavy atom. The van der Waals surface area contributed by atoms with Crippen LogP contribution in [0.3, 0.4) is 0 Å². The van der Waals surface area contributed by atoms with Crippen LogP contribution in [0.25, 0.3) is 0 Å². The summed E-state index contributed by atoms with van der Waals surface area (Å²) in [5, 5.41) is 0. The minimum Gasteiger partial charge on any atom is -0.0990 e.